The highest BCUT2D eigenvalue weighted by Gasteiger charge is 2.27. The molecule has 3 rings (SSSR count). The molecule has 0 unspecified atom stereocenters. The molecule has 5 heteroatoms. The van der Waals surface area contributed by atoms with Crippen LogP contribution in [0.2, 0.25) is 0 Å². The smallest absolute Gasteiger partial charge is 0.322 e. The highest BCUT2D eigenvalue weighted by molar-refractivity contribution is 5.89. The van der Waals surface area contributed by atoms with Crippen LogP contribution in [0.25, 0.3) is 0 Å². The van der Waals surface area contributed by atoms with Crippen LogP contribution in [0.15, 0.2) is 54.6 Å². The molecule has 114 valence electrons. The summed E-state index contributed by atoms with van der Waals surface area (Å²) in [5, 5.41) is 2.59. The van der Waals surface area contributed by atoms with Gasteiger partial charge in [0.2, 0.25) is 0 Å². The van der Waals surface area contributed by atoms with Gasteiger partial charge in [-0.05, 0) is 24.3 Å². The molecule has 0 saturated carbocycles. The van der Waals surface area contributed by atoms with E-state index >= 15 is 0 Å². The van der Waals surface area contributed by atoms with Crippen LogP contribution in [0, 0.1) is 5.82 Å². The molecule has 1 aliphatic heterocycles. The van der Waals surface area contributed by atoms with Crippen molar-refractivity contribution in [3.63, 3.8) is 0 Å². The van der Waals surface area contributed by atoms with Crippen molar-refractivity contribution < 1.29 is 13.9 Å². The third-order valence-electron chi connectivity index (χ3n) is 3.59. The fraction of sp³-hybridized carbons (Fsp3) is 0.235. The summed E-state index contributed by atoms with van der Waals surface area (Å²) in [6, 6.07) is 15.4. The van der Waals surface area contributed by atoms with E-state index in [9.17, 15) is 9.18 Å². The molecule has 1 atom stereocenters. The Balaban J connectivity index is 1.56. The van der Waals surface area contributed by atoms with Crippen LogP contribution >= 0.6 is 0 Å². The van der Waals surface area contributed by atoms with E-state index in [4.69, 9.17) is 4.74 Å². The van der Waals surface area contributed by atoms with Gasteiger partial charge in [-0.1, -0.05) is 30.3 Å². The lowest BCUT2D eigenvalue weighted by Gasteiger charge is -2.18. The Morgan fingerprint density at radius 3 is 2.64 bits per heavy atom. The Morgan fingerprint density at radius 2 is 1.86 bits per heavy atom. The van der Waals surface area contributed by atoms with Gasteiger partial charge < -0.3 is 15.0 Å². The first-order chi connectivity index (χ1) is 10.7. The molecule has 1 saturated heterocycles. The number of hydrogen-bond acceptors (Lipinski definition) is 2. The first kappa shape index (κ1) is 14.4. The van der Waals surface area contributed by atoms with Crippen LogP contribution in [0.4, 0.5) is 14.9 Å². The Bertz CT molecular complexity index is 648. The zero-order valence-corrected chi connectivity index (χ0v) is 12.0. The maximum atomic E-state index is 13.5. The number of ether oxygens (including phenoxy) is 1. The highest BCUT2D eigenvalue weighted by atomic mass is 19.1. The average Bonchev–Trinajstić information content (AvgIpc) is 2.99. The van der Waals surface area contributed by atoms with Gasteiger partial charge in [0.25, 0.3) is 0 Å². The number of urea groups is 1. The minimum absolute atomic E-state index is 0.0335. The number of benzene rings is 2. The summed E-state index contributed by atoms with van der Waals surface area (Å²) < 4.78 is 19.4. The van der Waals surface area contributed by atoms with Crippen molar-refractivity contribution in [3.05, 3.63) is 60.4 Å². The van der Waals surface area contributed by atoms with E-state index in [-0.39, 0.29) is 17.8 Å². The lowest BCUT2D eigenvalue weighted by Crippen LogP contribution is -2.34. The minimum atomic E-state index is -0.438. The van der Waals surface area contributed by atoms with E-state index in [0.717, 1.165) is 12.2 Å². The predicted molar refractivity (Wildman–Crippen MR) is 82.5 cm³/mol. The van der Waals surface area contributed by atoms with Crippen LogP contribution in [0.1, 0.15) is 6.42 Å². The first-order valence-corrected chi connectivity index (χ1v) is 7.24. The second-order valence-corrected chi connectivity index (χ2v) is 5.20. The number of nitrogens with one attached hydrogen (secondary N) is 1. The van der Waals surface area contributed by atoms with E-state index in [0.29, 0.717) is 13.1 Å². The molecule has 0 aromatic heterocycles. The van der Waals surface area contributed by atoms with Gasteiger partial charge >= 0.3 is 6.03 Å². The van der Waals surface area contributed by atoms with E-state index in [1.165, 1.54) is 6.07 Å². The van der Waals surface area contributed by atoms with Crippen molar-refractivity contribution in [2.75, 3.05) is 18.4 Å². The van der Waals surface area contributed by atoms with Gasteiger partial charge in [-0.3, -0.25) is 0 Å². The van der Waals surface area contributed by atoms with E-state index < -0.39 is 5.82 Å². The molecule has 1 N–H and O–H groups in total. The summed E-state index contributed by atoms with van der Waals surface area (Å²) >= 11 is 0. The van der Waals surface area contributed by atoms with Gasteiger partial charge in [-0.15, -0.1) is 0 Å². The number of nitrogens with zero attached hydrogens (tertiary/aromatic N) is 1. The SMILES string of the molecule is O=C(Nc1ccccc1F)N1CC[C@H](Oc2ccccc2)C1. The van der Waals surface area contributed by atoms with Gasteiger partial charge in [-0.2, -0.15) is 0 Å². The average molecular weight is 300 g/mol. The number of carbonyl (C=O) groups excluding carboxylic acids is 1. The minimum Gasteiger partial charge on any atom is -0.489 e. The van der Waals surface area contributed by atoms with Crippen LogP contribution in [-0.2, 0) is 0 Å². The number of carbonyl (C=O) groups is 1. The number of para-hydroxylation sites is 2. The molecule has 2 amide bonds. The summed E-state index contributed by atoms with van der Waals surface area (Å²) in [7, 11) is 0. The topological polar surface area (TPSA) is 41.6 Å². The molecule has 2 aromatic carbocycles. The zero-order chi connectivity index (χ0) is 15.4. The number of rotatable bonds is 3. The summed E-state index contributed by atoms with van der Waals surface area (Å²) in [6.45, 7) is 1.09. The van der Waals surface area contributed by atoms with Crippen molar-refractivity contribution >= 4 is 11.7 Å². The molecule has 0 radical (unpaired) electrons. The Morgan fingerprint density at radius 1 is 1.14 bits per heavy atom. The quantitative estimate of drug-likeness (QED) is 0.942. The third-order valence-corrected chi connectivity index (χ3v) is 3.59. The molecule has 22 heavy (non-hydrogen) atoms. The molecule has 0 bridgehead atoms. The Labute approximate surface area is 128 Å². The number of anilines is 1. The summed E-state index contributed by atoms with van der Waals surface area (Å²) in [5.41, 5.74) is 0.194. The number of amides is 2. The largest absolute Gasteiger partial charge is 0.489 e. The summed E-state index contributed by atoms with van der Waals surface area (Å²) in [5.74, 6) is 0.357. The Hall–Kier alpha value is -2.56. The summed E-state index contributed by atoms with van der Waals surface area (Å²) in [4.78, 5) is 13.8. The van der Waals surface area contributed by atoms with Crippen LogP contribution in [0.5, 0.6) is 5.75 Å². The van der Waals surface area contributed by atoms with Gasteiger partial charge in [-0.25, -0.2) is 9.18 Å². The van der Waals surface area contributed by atoms with Crippen LogP contribution in [-0.4, -0.2) is 30.1 Å². The fourth-order valence-electron chi connectivity index (χ4n) is 2.46. The maximum absolute atomic E-state index is 13.5. The molecule has 1 heterocycles. The van der Waals surface area contributed by atoms with E-state index in [1.54, 1.807) is 23.1 Å². The number of hydrogen-bond donors (Lipinski definition) is 1. The highest BCUT2D eigenvalue weighted by Crippen LogP contribution is 2.19. The van der Waals surface area contributed by atoms with Crippen molar-refractivity contribution in [2.24, 2.45) is 0 Å². The monoisotopic (exact) mass is 300 g/mol. The number of halogens is 1. The van der Waals surface area contributed by atoms with Gasteiger partial charge in [0.15, 0.2) is 0 Å². The normalized spacial score (nSPS) is 17.3. The lowest BCUT2D eigenvalue weighted by molar-refractivity contribution is 0.195. The van der Waals surface area contributed by atoms with Crippen molar-refractivity contribution in [1.29, 1.82) is 0 Å². The standard InChI is InChI=1S/C17H17FN2O2/c18-15-8-4-5-9-16(15)19-17(21)20-11-10-14(12-20)22-13-6-2-1-3-7-13/h1-9,14H,10-12H2,(H,19,21)/t14-/m0/s1. The first-order valence-electron chi connectivity index (χ1n) is 7.24. The predicted octanol–water partition coefficient (Wildman–Crippen LogP) is 3.51. The molecule has 0 spiro atoms. The third kappa shape index (κ3) is 3.36. The second-order valence-electron chi connectivity index (χ2n) is 5.20. The van der Waals surface area contributed by atoms with Crippen molar-refractivity contribution in [1.82, 2.24) is 4.90 Å². The van der Waals surface area contributed by atoms with Crippen molar-refractivity contribution in [2.45, 2.75) is 12.5 Å². The maximum Gasteiger partial charge on any atom is 0.322 e. The molecular weight excluding hydrogens is 283 g/mol. The second kappa shape index (κ2) is 6.47. The van der Waals surface area contributed by atoms with Gasteiger partial charge in [0.1, 0.15) is 17.7 Å². The lowest BCUT2D eigenvalue weighted by atomic mass is 10.3. The van der Waals surface area contributed by atoms with Gasteiger partial charge in [0, 0.05) is 13.0 Å². The fourth-order valence-corrected chi connectivity index (χ4v) is 2.46. The van der Waals surface area contributed by atoms with Crippen molar-refractivity contribution in [3.8, 4) is 5.75 Å². The number of likely N-dealkylation sites (tertiary alicyclic amines) is 1. The van der Waals surface area contributed by atoms with Crippen LogP contribution < -0.4 is 10.1 Å². The van der Waals surface area contributed by atoms with Gasteiger partial charge in [0.05, 0.1) is 12.2 Å². The molecule has 4 nitrogen and oxygen atoms in total. The Kier molecular flexibility index (Phi) is 4.23. The summed E-state index contributed by atoms with van der Waals surface area (Å²) in [6.07, 6.45) is 0.730. The van der Waals surface area contributed by atoms with E-state index in [2.05, 4.69) is 5.32 Å². The molecule has 1 aliphatic rings. The molecule has 2 aromatic rings. The zero-order valence-electron chi connectivity index (χ0n) is 12.0. The molecular formula is C17H17FN2O2. The van der Waals surface area contributed by atoms with E-state index in [1.807, 2.05) is 30.3 Å². The van der Waals surface area contributed by atoms with Crippen LogP contribution in [0.3, 0.4) is 0 Å². The molecule has 0 aliphatic carbocycles. The molecule has 1 fully saturated rings.